The van der Waals surface area contributed by atoms with Gasteiger partial charge in [0.2, 0.25) is 0 Å². The Hall–Kier alpha value is -0.660. The molecule has 0 aromatic rings. The molecular weight excluding hydrogens is 112 g/mol. The third-order valence-electron chi connectivity index (χ3n) is 1.78. The molecule has 2 heteroatoms. The first-order valence-corrected chi connectivity index (χ1v) is 3.46. The van der Waals surface area contributed by atoms with E-state index in [1.807, 2.05) is 7.05 Å². The monoisotopic (exact) mass is 126 g/mol. The highest BCUT2D eigenvalue weighted by Gasteiger charge is 2.10. The molecule has 0 amide bonds. The molecule has 1 rings (SSSR count). The highest BCUT2D eigenvalue weighted by atomic mass is 15.2. The average Bonchev–Trinajstić information content (AvgIpc) is 2.37. The van der Waals surface area contributed by atoms with Crippen LogP contribution in [-0.4, -0.2) is 25.0 Å². The maximum Gasteiger partial charge on any atom is 0.0936 e. The Kier molecular flexibility index (Phi) is 1.98. The van der Waals surface area contributed by atoms with Crippen molar-refractivity contribution >= 4 is 0 Å². The number of hydrogen-bond donors (Lipinski definition) is 1. The van der Waals surface area contributed by atoms with Crippen molar-refractivity contribution in [3.63, 3.8) is 0 Å². The highest BCUT2D eigenvalue weighted by molar-refractivity contribution is 4.91. The highest BCUT2D eigenvalue weighted by Crippen LogP contribution is 2.10. The largest absolute Gasteiger partial charge is 0.375 e. The van der Waals surface area contributed by atoms with Crippen molar-refractivity contribution < 1.29 is 0 Å². The van der Waals surface area contributed by atoms with Crippen molar-refractivity contribution in [1.29, 1.82) is 0 Å². The van der Waals surface area contributed by atoms with Crippen LogP contribution < -0.4 is 5.32 Å². The molecule has 2 nitrogen and oxygen atoms in total. The zero-order valence-corrected chi connectivity index (χ0v) is 5.98. The first-order valence-electron chi connectivity index (χ1n) is 3.46. The summed E-state index contributed by atoms with van der Waals surface area (Å²) >= 11 is 0. The zero-order valence-electron chi connectivity index (χ0n) is 5.98. The fourth-order valence-corrected chi connectivity index (χ4v) is 1.15. The van der Waals surface area contributed by atoms with Crippen LogP contribution in [0.2, 0.25) is 0 Å². The second kappa shape index (κ2) is 2.76. The quantitative estimate of drug-likeness (QED) is 0.588. The number of nitrogens with one attached hydrogen (secondary N) is 1. The molecular formula is C7H14N2. The molecule has 1 heterocycles. The molecule has 0 bridgehead atoms. The summed E-state index contributed by atoms with van der Waals surface area (Å²) in [6, 6.07) is 0. The van der Waals surface area contributed by atoms with Crippen molar-refractivity contribution in [3.05, 3.63) is 12.4 Å². The molecule has 0 aromatic carbocycles. The lowest BCUT2D eigenvalue weighted by Gasteiger charge is -2.18. The van der Waals surface area contributed by atoms with Crippen LogP contribution in [0.3, 0.4) is 0 Å². The number of likely N-dealkylation sites (tertiary alicyclic amines) is 1. The fraction of sp³-hybridized carbons (Fsp3) is 0.714. The van der Waals surface area contributed by atoms with E-state index in [0.29, 0.717) is 0 Å². The first-order chi connectivity index (χ1) is 4.34. The van der Waals surface area contributed by atoms with Crippen LogP contribution >= 0.6 is 0 Å². The maximum atomic E-state index is 3.87. The summed E-state index contributed by atoms with van der Waals surface area (Å²) in [5, 5.41) is 3.04. The summed E-state index contributed by atoms with van der Waals surface area (Å²) < 4.78 is 0. The van der Waals surface area contributed by atoms with Crippen molar-refractivity contribution in [2.45, 2.75) is 12.8 Å². The van der Waals surface area contributed by atoms with Gasteiger partial charge in [0.05, 0.1) is 5.82 Å². The zero-order chi connectivity index (χ0) is 6.69. The minimum atomic E-state index is 1.06. The van der Waals surface area contributed by atoms with Gasteiger partial charge in [0.15, 0.2) is 0 Å². The molecule has 9 heavy (non-hydrogen) atoms. The third kappa shape index (κ3) is 1.37. The topological polar surface area (TPSA) is 15.3 Å². The normalized spacial score (nSPS) is 18.1. The fourth-order valence-electron chi connectivity index (χ4n) is 1.15. The SMILES string of the molecule is C=C(NC)N1CCCC1. The van der Waals surface area contributed by atoms with Gasteiger partial charge in [0.1, 0.15) is 0 Å². The molecule has 0 saturated carbocycles. The Balaban J connectivity index is 2.32. The lowest BCUT2D eigenvalue weighted by Crippen LogP contribution is -2.25. The smallest absolute Gasteiger partial charge is 0.0936 e. The minimum Gasteiger partial charge on any atom is -0.375 e. The lowest BCUT2D eigenvalue weighted by atomic mass is 10.4. The molecule has 52 valence electrons. The molecule has 1 saturated heterocycles. The number of nitrogens with zero attached hydrogens (tertiary/aromatic N) is 1. The molecule has 1 fully saturated rings. The molecule has 0 aliphatic carbocycles. The van der Waals surface area contributed by atoms with Gasteiger partial charge in [-0.2, -0.15) is 0 Å². The van der Waals surface area contributed by atoms with Gasteiger partial charge in [0, 0.05) is 20.1 Å². The minimum absolute atomic E-state index is 1.06. The van der Waals surface area contributed by atoms with Gasteiger partial charge in [-0.15, -0.1) is 0 Å². The Labute approximate surface area is 56.5 Å². The number of rotatable bonds is 2. The van der Waals surface area contributed by atoms with Gasteiger partial charge in [-0.3, -0.25) is 0 Å². The van der Waals surface area contributed by atoms with E-state index in [1.54, 1.807) is 0 Å². The molecule has 0 radical (unpaired) electrons. The van der Waals surface area contributed by atoms with Gasteiger partial charge in [-0.1, -0.05) is 6.58 Å². The Morgan fingerprint density at radius 2 is 2.00 bits per heavy atom. The third-order valence-corrected chi connectivity index (χ3v) is 1.78. The number of hydrogen-bond acceptors (Lipinski definition) is 2. The predicted octanol–water partition coefficient (Wildman–Crippen LogP) is 0.773. The van der Waals surface area contributed by atoms with Crippen LogP contribution in [0, 0.1) is 0 Å². The Morgan fingerprint density at radius 3 is 2.44 bits per heavy atom. The van der Waals surface area contributed by atoms with Crippen LogP contribution in [0.25, 0.3) is 0 Å². The molecule has 0 atom stereocenters. The van der Waals surface area contributed by atoms with E-state index in [2.05, 4.69) is 16.8 Å². The average molecular weight is 126 g/mol. The summed E-state index contributed by atoms with van der Waals surface area (Å²) in [5.41, 5.74) is 0. The maximum absolute atomic E-state index is 3.87. The molecule has 1 aliphatic rings. The summed E-state index contributed by atoms with van der Waals surface area (Å²) in [5.74, 6) is 1.06. The van der Waals surface area contributed by atoms with E-state index in [9.17, 15) is 0 Å². The van der Waals surface area contributed by atoms with Crippen LogP contribution in [-0.2, 0) is 0 Å². The van der Waals surface area contributed by atoms with E-state index < -0.39 is 0 Å². The van der Waals surface area contributed by atoms with E-state index in [1.165, 1.54) is 25.9 Å². The second-order valence-corrected chi connectivity index (χ2v) is 2.39. The standard InChI is InChI=1S/C7H14N2/c1-7(8-2)9-5-3-4-6-9/h8H,1,3-6H2,2H3. The Morgan fingerprint density at radius 1 is 1.44 bits per heavy atom. The first kappa shape index (κ1) is 6.46. The van der Waals surface area contributed by atoms with Crippen molar-refractivity contribution in [2.24, 2.45) is 0 Å². The molecule has 0 unspecified atom stereocenters. The van der Waals surface area contributed by atoms with E-state index >= 15 is 0 Å². The van der Waals surface area contributed by atoms with Crippen molar-refractivity contribution in [1.82, 2.24) is 10.2 Å². The van der Waals surface area contributed by atoms with Crippen LogP contribution in [0.4, 0.5) is 0 Å². The van der Waals surface area contributed by atoms with Gasteiger partial charge in [-0.05, 0) is 12.8 Å². The van der Waals surface area contributed by atoms with Gasteiger partial charge < -0.3 is 10.2 Å². The van der Waals surface area contributed by atoms with E-state index in [-0.39, 0.29) is 0 Å². The predicted molar refractivity (Wildman–Crippen MR) is 39.0 cm³/mol. The van der Waals surface area contributed by atoms with E-state index in [0.717, 1.165) is 5.82 Å². The van der Waals surface area contributed by atoms with E-state index in [4.69, 9.17) is 0 Å². The summed E-state index contributed by atoms with van der Waals surface area (Å²) in [6.07, 6.45) is 2.64. The summed E-state index contributed by atoms with van der Waals surface area (Å²) in [6.45, 7) is 6.23. The molecule has 0 spiro atoms. The summed E-state index contributed by atoms with van der Waals surface area (Å²) in [7, 11) is 1.92. The van der Waals surface area contributed by atoms with Crippen LogP contribution in [0.1, 0.15) is 12.8 Å². The van der Waals surface area contributed by atoms with Gasteiger partial charge in [-0.25, -0.2) is 0 Å². The van der Waals surface area contributed by atoms with Crippen LogP contribution in [0.5, 0.6) is 0 Å². The summed E-state index contributed by atoms with van der Waals surface area (Å²) in [4.78, 5) is 2.28. The lowest BCUT2D eigenvalue weighted by molar-refractivity contribution is 0.402. The van der Waals surface area contributed by atoms with Crippen LogP contribution in [0.15, 0.2) is 12.4 Å². The molecule has 1 aliphatic heterocycles. The van der Waals surface area contributed by atoms with Crippen molar-refractivity contribution in [3.8, 4) is 0 Å². The van der Waals surface area contributed by atoms with Gasteiger partial charge >= 0.3 is 0 Å². The molecule has 1 N–H and O–H groups in total. The van der Waals surface area contributed by atoms with Gasteiger partial charge in [0.25, 0.3) is 0 Å². The van der Waals surface area contributed by atoms with Crippen molar-refractivity contribution in [2.75, 3.05) is 20.1 Å². The molecule has 0 aromatic heterocycles. The Bertz CT molecular complexity index is 103. The second-order valence-electron chi connectivity index (χ2n) is 2.39.